The van der Waals surface area contributed by atoms with Crippen LogP contribution in [0.5, 0.6) is 0 Å². The third-order valence-electron chi connectivity index (χ3n) is 2.52. The number of halogens is 3. The van der Waals surface area contributed by atoms with Crippen molar-refractivity contribution < 1.29 is 37.3 Å². The van der Waals surface area contributed by atoms with Gasteiger partial charge >= 0.3 is 18.1 Å². The minimum Gasteiger partial charge on any atom is -0.463 e. The third kappa shape index (κ3) is 5.03. The molecule has 0 aromatic rings. The molecule has 0 aromatic heterocycles. The normalized spacial score (nSPS) is 27.7. The number of hydrogen-bond acceptors (Lipinski definition) is 5. The van der Waals surface area contributed by atoms with E-state index in [9.17, 15) is 27.9 Å². The number of nitrogens with one attached hydrogen (secondary N) is 1. The van der Waals surface area contributed by atoms with Crippen molar-refractivity contribution in [3.05, 3.63) is 0 Å². The highest BCUT2D eigenvalue weighted by molar-refractivity contribution is 5.81. The maximum absolute atomic E-state index is 12.0. The van der Waals surface area contributed by atoms with Gasteiger partial charge in [0.15, 0.2) is 6.29 Å². The molecular weight excluding hydrogens is 271 g/mol. The van der Waals surface area contributed by atoms with Crippen LogP contribution < -0.4 is 5.32 Å². The Labute approximate surface area is 106 Å². The van der Waals surface area contributed by atoms with Gasteiger partial charge in [-0.05, 0) is 12.8 Å². The molecule has 0 aliphatic carbocycles. The first-order chi connectivity index (χ1) is 8.70. The molecule has 0 aromatic carbocycles. The van der Waals surface area contributed by atoms with E-state index in [1.807, 2.05) is 0 Å². The molecule has 0 spiro atoms. The lowest BCUT2D eigenvalue weighted by atomic mass is 10.0. The van der Waals surface area contributed by atoms with Gasteiger partial charge in [-0.15, -0.1) is 0 Å². The van der Waals surface area contributed by atoms with Crippen LogP contribution in [0.2, 0.25) is 0 Å². The molecule has 1 rings (SSSR count). The predicted octanol–water partition coefficient (Wildman–Crippen LogP) is 0.0940. The number of ether oxygens (including phenoxy) is 2. The number of aliphatic hydroxyl groups excluding tert-OH is 1. The quantitative estimate of drug-likeness (QED) is 0.718. The lowest BCUT2D eigenvalue weighted by molar-refractivity contribution is -0.202. The highest BCUT2D eigenvalue weighted by atomic mass is 19.4. The number of hydrogen-bond donors (Lipinski definition) is 2. The molecule has 1 saturated heterocycles. The van der Waals surface area contributed by atoms with E-state index < -0.39 is 36.5 Å². The fraction of sp³-hybridized carbons (Fsp3) is 0.800. The average Bonchev–Trinajstić information content (AvgIpc) is 2.28. The molecule has 0 radical (unpaired) electrons. The molecule has 2 N–H and O–H groups in total. The number of esters is 1. The molecule has 0 saturated carbocycles. The van der Waals surface area contributed by atoms with Crippen molar-refractivity contribution in [1.82, 2.24) is 5.32 Å². The van der Waals surface area contributed by atoms with Crippen LogP contribution in [-0.4, -0.2) is 48.2 Å². The Bertz CT molecular complexity index is 347. The summed E-state index contributed by atoms with van der Waals surface area (Å²) in [5.74, 6) is -2.65. The summed E-state index contributed by atoms with van der Waals surface area (Å²) in [6.07, 6.45) is -6.82. The molecule has 1 heterocycles. The molecule has 1 fully saturated rings. The van der Waals surface area contributed by atoms with Gasteiger partial charge < -0.3 is 19.9 Å². The molecule has 110 valence electrons. The summed E-state index contributed by atoms with van der Waals surface area (Å²) in [5.41, 5.74) is 0. The average molecular weight is 285 g/mol. The summed E-state index contributed by atoms with van der Waals surface area (Å²) in [5, 5.41) is 11.1. The van der Waals surface area contributed by atoms with Gasteiger partial charge in [0.05, 0.1) is 12.1 Å². The van der Waals surface area contributed by atoms with Crippen molar-refractivity contribution in [2.75, 3.05) is 6.61 Å². The standard InChI is InChI=1S/C10H14F3NO5/c1-5(15)18-4-6-2-3-7(8(16)19-6)14-9(17)10(11,12)13/h6-8,16H,2-4H2,1H3,(H,14,17)/t6-,7+,8-/m0/s1. The molecule has 1 amide bonds. The molecule has 6 nitrogen and oxygen atoms in total. The number of carbonyl (C=O) groups is 2. The van der Waals surface area contributed by atoms with Crippen molar-refractivity contribution in [3.63, 3.8) is 0 Å². The summed E-state index contributed by atoms with van der Waals surface area (Å²) in [7, 11) is 0. The van der Waals surface area contributed by atoms with Crippen molar-refractivity contribution in [3.8, 4) is 0 Å². The van der Waals surface area contributed by atoms with E-state index in [4.69, 9.17) is 4.74 Å². The number of alkyl halides is 3. The Morgan fingerprint density at radius 1 is 1.42 bits per heavy atom. The van der Waals surface area contributed by atoms with Gasteiger partial charge in [0.25, 0.3) is 0 Å². The second-order valence-corrected chi connectivity index (χ2v) is 4.11. The second kappa shape index (κ2) is 6.20. The minimum absolute atomic E-state index is 0.0909. The van der Waals surface area contributed by atoms with E-state index in [1.54, 1.807) is 5.32 Å². The first-order valence-electron chi connectivity index (χ1n) is 5.54. The molecule has 3 atom stereocenters. The van der Waals surface area contributed by atoms with Gasteiger partial charge in [-0.25, -0.2) is 0 Å². The molecular formula is C10H14F3NO5. The summed E-state index contributed by atoms with van der Waals surface area (Å²) < 4.78 is 45.7. The number of amides is 1. The van der Waals surface area contributed by atoms with Crippen LogP contribution in [0.25, 0.3) is 0 Å². The van der Waals surface area contributed by atoms with Gasteiger partial charge in [0, 0.05) is 6.92 Å². The zero-order valence-electron chi connectivity index (χ0n) is 10.1. The third-order valence-corrected chi connectivity index (χ3v) is 2.52. The van der Waals surface area contributed by atoms with Crippen LogP contribution in [0.3, 0.4) is 0 Å². The lowest BCUT2D eigenvalue weighted by Crippen LogP contribution is -2.53. The van der Waals surface area contributed by atoms with Gasteiger partial charge in [-0.3, -0.25) is 9.59 Å². The van der Waals surface area contributed by atoms with E-state index >= 15 is 0 Å². The van der Waals surface area contributed by atoms with Crippen LogP contribution in [0.15, 0.2) is 0 Å². The van der Waals surface area contributed by atoms with Crippen LogP contribution >= 0.6 is 0 Å². The first-order valence-corrected chi connectivity index (χ1v) is 5.54. The second-order valence-electron chi connectivity index (χ2n) is 4.11. The smallest absolute Gasteiger partial charge is 0.463 e. The molecule has 19 heavy (non-hydrogen) atoms. The van der Waals surface area contributed by atoms with Crippen LogP contribution in [-0.2, 0) is 19.1 Å². The highest BCUT2D eigenvalue weighted by Crippen LogP contribution is 2.21. The summed E-state index contributed by atoms with van der Waals surface area (Å²) in [4.78, 5) is 21.3. The minimum atomic E-state index is -5.01. The summed E-state index contributed by atoms with van der Waals surface area (Å²) in [6.45, 7) is 1.11. The molecule has 1 aliphatic rings. The maximum Gasteiger partial charge on any atom is 0.471 e. The van der Waals surface area contributed by atoms with Gasteiger partial charge in [0.2, 0.25) is 0 Å². The van der Waals surface area contributed by atoms with E-state index in [-0.39, 0.29) is 19.4 Å². The van der Waals surface area contributed by atoms with E-state index in [2.05, 4.69) is 4.74 Å². The highest BCUT2D eigenvalue weighted by Gasteiger charge is 2.42. The number of aliphatic hydroxyl groups is 1. The largest absolute Gasteiger partial charge is 0.471 e. The Morgan fingerprint density at radius 3 is 2.53 bits per heavy atom. The maximum atomic E-state index is 12.0. The monoisotopic (exact) mass is 285 g/mol. The van der Waals surface area contributed by atoms with E-state index in [0.717, 1.165) is 0 Å². The number of carbonyl (C=O) groups excluding carboxylic acids is 2. The van der Waals surface area contributed by atoms with Crippen LogP contribution in [0, 0.1) is 0 Å². The van der Waals surface area contributed by atoms with Crippen molar-refractivity contribution in [2.24, 2.45) is 0 Å². The Kier molecular flexibility index (Phi) is 5.12. The van der Waals surface area contributed by atoms with E-state index in [1.165, 1.54) is 6.92 Å². The Hall–Kier alpha value is -1.35. The topological polar surface area (TPSA) is 84.9 Å². The van der Waals surface area contributed by atoms with Gasteiger partial charge in [-0.1, -0.05) is 0 Å². The fourth-order valence-electron chi connectivity index (χ4n) is 1.59. The Morgan fingerprint density at radius 2 is 2.05 bits per heavy atom. The SMILES string of the molecule is CC(=O)OC[C@@H]1CC[C@@H](NC(=O)C(F)(F)F)[C@@H](O)O1. The van der Waals surface area contributed by atoms with Gasteiger partial charge in [0.1, 0.15) is 6.61 Å². The first kappa shape index (κ1) is 15.7. The summed E-state index contributed by atoms with van der Waals surface area (Å²) >= 11 is 0. The lowest BCUT2D eigenvalue weighted by Gasteiger charge is -2.33. The van der Waals surface area contributed by atoms with Crippen molar-refractivity contribution in [2.45, 2.75) is 44.4 Å². The molecule has 0 unspecified atom stereocenters. The predicted molar refractivity (Wildman–Crippen MR) is 54.7 cm³/mol. The molecule has 0 bridgehead atoms. The van der Waals surface area contributed by atoms with Crippen LogP contribution in [0.4, 0.5) is 13.2 Å². The fourth-order valence-corrected chi connectivity index (χ4v) is 1.59. The Balaban J connectivity index is 2.42. The number of rotatable bonds is 3. The zero-order valence-corrected chi connectivity index (χ0v) is 10.1. The van der Waals surface area contributed by atoms with E-state index in [0.29, 0.717) is 0 Å². The van der Waals surface area contributed by atoms with Crippen molar-refractivity contribution in [1.29, 1.82) is 0 Å². The molecule has 9 heteroatoms. The summed E-state index contributed by atoms with van der Waals surface area (Å²) in [6, 6.07) is -1.14. The molecule has 1 aliphatic heterocycles. The van der Waals surface area contributed by atoms with Crippen molar-refractivity contribution >= 4 is 11.9 Å². The van der Waals surface area contributed by atoms with Crippen LogP contribution in [0.1, 0.15) is 19.8 Å². The zero-order chi connectivity index (χ0) is 14.6. The van der Waals surface area contributed by atoms with Gasteiger partial charge in [-0.2, -0.15) is 13.2 Å².